The molecule has 0 radical (unpaired) electrons. The van der Waals surface area contributed by atoms with E-state index in [0.29, 0.717) is 6.04 Å². The Morgan fingerprint density at radius 3 is 2.11 bits per heavy atom. The van der Waals surface area contributed by atoms with Crippen LogP contribution < -0.4 is 5.32 Å². The van der Waals surface area contributed by atoms with Gasteiger partial charge in [0.25, 0.3) is 0 Å². The van der Waals surface area contributed by atoms with Crippen LogP contribution in [0.4, 0.5) is 5.69 Å². The van der Waals surface area contributed by atoms with Crippen molar-refractivity contribution in [1.29, 1.82) is 0 Å². The summed E-state index contributed by atoms with van der Waals surface area (Å²) < 4.78 is 3.31. The summed E-state index contributed by atoms with van der Waals surface area (Å²) in [7, 11) is 2.28. The smallest absolute Gasteiger partial charge is 0.0631 e. The summed E-state index contributed by atoms with van der Waals surface area (Å²) in [5.74, 6) is 0. The topological polar surface area (TPSA) is 15.3 Å². The third-order valence-electron chi connectivity index (χ3n) is 4.45. The molecule has 1 aromatic carbocycles. The van der Waals surface area contributed by atoms with Gasteiger partial charge in [-0.05, 0) is 76.7 Å². The van der Waals surface area contributed by atoms with Gasteiger partial charge in [-0.25, -0.2) is 0 Å². The largest absolute Gasteiger partial charge is 0.380 e. The van der Waals surface area contributed by atoms with Crippen LogP contribution >= 0.6 is 47.8 Å². The zero-order chi connectivity index (χ0) is 13.6. The van der Waals surface area contributed by atoms with Gasteiger partial charge in [-0.15, -0.1) is 0 Å². The SMILES string of the molecule is CN1C2CCC1CC(Nc1c(Br)cc(Br)cc1Br)C2. The van der Waals surface area contributed by atoms with E-state index in [1.54, 1.807) is 0 Å². The number of benzene rings is 1. The maximum Gasteiger partial charge on any atom is 0.0631 e. The summed E-state index contributed by atoms with van der Waals surface area (Å²) in [6, 6.07) is 6.31. The lowest BCUT2D eigenvalue weighted by Gasteiger charge is -2.37. The first-order valence-electron chi connectivity index (χ1n) is 6.67. The molecule has 0 aliphatic carbocycles. The number of nitrogens with zero attached hydrogens (tertiary/aromatic N) is 1. The van der Waals surface area contributed by atoms with Crippen LogP contribution in [0.2, 0.25) is 0 Å². The zero-order valence-corrected chi connectivity index (χ0v) is 15.6. The second-order valence-corrected chi connectivity index (χ2v) is 8.23. The van der Waals surface area contributed by atoms with Gasteiger partial charge in [0.2, 0.25) is 0 Å². The van der Waals surface area contributed by atoms with Crippen LogP contribution in [0.1, 0.15) is 25.7 Å². The maximum absolute atomic E-state index is 3.72. The molecule has 2 heterocycles. The van der Waals surface area contributed by atoms with Crippen molar-refractivity contribution >= 4 is 53.5 Å². The van der Waals surface area contributed by atoms with Crippen LogP contribution in [0.25, 0.3) is 0 Å². The Morgan fingerprint density at radius 1 is 1.05 bits per heavy atom. The summed E-state index contributed by atoms with van der Waals surface area (Å²) in [5, 5.41) is 3.72. The molecule has 2 aliphatic rings. The fourth-order valence-corrected chi connectivity index (χ4v) is 5.90. The summed E-state index contributed by atoms with van der Waals surface area (Å²) >= 11 is 10.8. The van der Waals surface area contributed by atoms with Crippen molar-refractivity contribution in [3.05, 3.63) is 25.6 Å². The summed E-state index contributed by atoms with van der Waals surface area (Å²) in [6.07, 6.45) is 5.23. The number of hydrogen-bond acceptors (Lipinski definition) is 2. The van der Waals surface area contributed by atoms with Gasteiger partial charge in [0.1, 0.15) is 0 Å². The van der Waals surface area contributed by atoms with Gasteiger partial charge in [-0.3, -0.25) is 0 Å². The van der Waals surface area contributed by atoms with Crippen molar-refractivity contribution in [2.24, 2.45) is 0 Å². The Labute approximate surface area is 139 Å². The van der Waals surface area contributed by atoms with Crippen LogP contribution in [-0.4, -0.2) is 30.1 Å². The van der Waals surface area contributed by atoms with Crippen LogP contribution in [0.5, 0.6) is 0 Å². The number of nitrogens with one attached hydrogen (secondary N) is 1. The van der Waals surface area contributed by atoms with Crippen LogP contribution in [0.15, 0.2) is 25.6 Å². The highest BCUT2D eigenvalue weighted by Crippen LogP contribution is 2.39. The summed E-state index contributed by atoms with van der Waals surface area (Å²) in [4.78, 5) is 2.57. The maximum atomic E-state index is 3.72. The quantitative estimate of drug-likeness (QED) is 0.678. The van der Waals surface area contributed by atoms with E-state index in [0.717, 1.165) is 25.5 Å². The number of halogens is 3. The monoisotopic (exact) mass is 450 g/mol. The van der Waals surface area contributed by atoms with Crippen LogP contribution in [0.3, 0.4) is 0 Å². The first kappa shape index (κ1) is 14.4. The molecule has 2 aliphatic heterocycles. The molecule has 5 heteroatoms. The van der Waals surface area contributed by atoms with E-state index in [1.165, 1.54) is 31.4 Å². The third kappa shape index (κ3) is 2.89. The first-order valence-corrected chi connectivity index (χ1v) is 9.05. The average Bonchev–Trinajstić information content (AvgIpc) is 2.58. The standard InChI is InChI=1S/C14H17Br3N2/c1-19-10-2-3-11(19)7-9(6-10)18-14-12(16)4-8(15)5-13(14)17/h4-5,9-11,18H,2-3,6-7H2,1H3. The number of piperidine rings is 1. The number of hydrogen-bond donors (Lipinski definition) is 1. The Bertz CT molecular complexity index is 455. The second-order valence-electron chi connectivity index (χ2n) is 5.61. The molecule has 2 nitrogen and oxygen atoms in total. The lowest BCUT2D eigenvalue weighted by Crippen LogP contribution is -2.44. The fourth-order valence-electron chi connectivity index (χ4n) is 3.41. The zero-order valence-electron chi connectivity index (χ0n) is 10.8. The minimum absolute atomic E-state index is 0.586. The molecule has 2 bridgehead atoms. The van der Waals surface area contributed by atoms with Crippen molar-refractivity contribution in [1.82, 2.24) is 4.90 Å². The fraction of sp³-hybridized carbons (Fsp3) is 0.571. The third-order valence-corrected chi connectivity index (χ3v) is 6.16. The summed E-state index contributed by atoms with van der Waals surface area (Å²) in [5.41, 5.74) is 1.18. The molecular formula is C14H17Br3N2. The second kappa shape index (κ2) is 5.66. The average molecular weight is 453 g/mol. The molecule has 2 unspecified atom stereocenters. The number of rotatable bonds is 2. The molecule has 19 heavy (non-hydrogen) atoms. The van der Waals surface area contributed by atoms with Gasteiger partial charge >= 0.3 is 0 Å². The van der Waals surface area contributed by atoms with E-state index >= 15 is 0 Å². The molecule has 0 saturated carbocycles. The Kier molecular flexibility index (Phi) is 4.28. The molecule has 0 aromatic heterocycles. The molecule has 0 amide bonds. The highest BCUT2D eigenvalue weighted by atomic mass is 79.9. The van der Waals surface area contributed by atoms with E-state index in [2.05, 4.69) is 77.2 Å². The van der Waals surface area contributed by atoms with Crippen molar-refractivity contribution in [3.63, 3.8) is 0 Å². The molecular weight excluding hydrogens is 436 g/mol. The molecule has 104 valence electrons. The van der Waals surface area contributed by atoms with Crippen LogP contribution in [0, 0.1) is 0 Å². The number of fused-ring (bicyclic) bond motifs is 2. The summed E-state index contributed by atoms with van der Waals surface area (Å²) in [6.45, 7) is 0. The molecule has 2 saturated heterocycles. The molecule has 2 atom stereocenters. The Hall–Kier alpha value is 0.420. The molecule has 0 spiro atoms. The van der Waals surface area contributed by atoms with E-state index < -0.39 is 0 Å². The predicted octanol–water partition coefficient (Wildman–Crippen LogP) is 5.01. The molecule has 1 aromatic rings. The van der Waals surface area contributed by atoms with Gasteiger partial charge in [0.15, 0.2) is 0 Å². The van der Waals surface area contributed by atoms with Crippen molar-refractivity contribution in [2.75, 3.05) is 12.4 Å². The highest BCUT2D eigenvalue weighted by Gasteiger charge is 2.38. The lowest BCUT2D eigenvalue weighted by atomic mass is 9.98. The van der Waals surface area contributed by atoms with Gasteiger partial charge in [-0.2, -0.15) is 0 Å². The highest BCUT2D eigenvalue weighted by molar-refractivity contribution is 9.11. The minimum Gasteiger partial charge on any atom is -0.380 e. The number of anilines is 1. The van der Waals surface area contributed by atoms with Gasteiger partial charge in [0.05, 0.1) is 5.69 Å². The lowest BCUT2D eigenvalue weighted by molar-refractivity contribution is 0.169. The van der Waals surface area contributed by atoms with Gasteiger partial charge in [-0.1, -0.05) is 15.9 Å². The minimum atomic E-state index is 0.586. The Balaban J connectivity index is 1.76. The molecule has 3 rings (SSSR count). The molecule has 2 fully saturated rings. The van der Waals surface area contributed by atoms with Crippen molar-refractivity contribution < 1.29 is 0 Å². The van der Waals surface area contributed by atoms with Crippen LogP contribution in [-0.2, 0) is 0 Å². The van der Waals surface area contributed by atoms with E-state index in [-0.39, 0.29) is 0 Å². The van der Waals surface area contributed by atoms with Crippen molar-refractivity contribution in [3.8, 4) is 0 Å². The van der Waals surface area contributed by atoms with E-state index in [4.69, 9.17) is 0 Å². The first-order chi connectivity index (χ1) is 9.04. The Morgan fingerprint density at radius 2 is 1.58 bits per heavy atom. The van der Waals surface area contributed by atoms with E-state index in [9.17, 15) is 0 Å². The van der Waals surface area contributed by atoms with Gasteiger partial charge < -0.3 is 10.2 Å². The molecule has 1 N–H and O–H groups in total. The van der Waals surface area contributed by atoms with Crippen molar-refractivity contribution in [2.45, 2.75) is 43.8 Å². The van der Waals surface area contributed by atoms with E-state index in [1.807, 2.05) is 0 Å². The normalized spacial score (nSPS) is 30.6. The predicted molar refractivity (Wildman–Crippen MR) is 90.8 cm³/mol. The van der Waals surface area contributed by atoms with Gasteiger partial charge in [0, 0.05) is 31.5 Å².